The van der Waals surface area contributed by atoms with Crippen molar-refractivity contribution < 1.29 is 14.7 Å². The molecule has 0 saturated heterocycles. The van der Waals surface area contributed by atoms with Crippen molar-refractivity contribution in [2.45, 2.75) is 52.7 Å². The SMILES string of the molecule is CCSC(C(=O)NCC(CC)(CC)C(=O)O)C(C)C. The van der Waals surface area contributed by atoms with Crippen molar-refractivity contribution in [3.8, 4) is 0 Å². The van der Waals surface area contributed by atoms with Gasteiger partial charge in [-0.05, 0) is 24.5 Å². The first-order valence-corrected chi connectivity index (χ1v) is 8.02. The number of hydrogen-bond donors (Lipinski definition) is 2. The average molecular weight is 289 g/mol. The average Bonchev–Trinajstić information content (AvgIpc) is 2.36. The highest BCUT2D eigenvalue weighted by atomic mass is 32.2. The Labute approximate surface area is 120 Å². The van der Waals surface area contributed by atoms with E-state index >= 15 is 0 Å². The van der Waals surface area contributed by atoms with Gasteiger partial charge in [-0.3, -0.25) is 9.59 Å². The van der Waals surface area contributed by atoms with Crippen molar-refractivity contribution in [3.05, 3.63) is 0 Å². The molecule has 0 saturated carbocycles. The van der Waals surface area contributed by atoms with Crippen molar-refractivity contribution >= 4 is 23.6 Å². The van der Waals surface area contributed by atoms with E-state index in [0.717, 1.165) is 5.75 Å². The third kappa shape index (κ3) is 5.05. The Morgan fingerprint density at radius 1 is 1.21 bits per heavy atom. The van der Waals surface area contributed by atoms with E-state index in [1.54, 1.807) is 11.8 Å². The number of rotatable bonds is 9. The number of carboxylic acid groups (broad SMARTS) is 1. The summed E-state index contributed by atoms with van der Waals surface area (Å²) in [5.74, 6) is 0.242. The van der Waals surface area contributed by atoms with Crippen LogP contribution in [0.25, 0.3) is 0 Å². The minimum absolute atomic E-state index is 0.0469. The zero-order valence-corrected chi connectivity index (χ0v) is 13.5. The maximum absolute atomic E-state index is 12.2. The van der Waals surface area contributed by atoms with Gasteiger partial charge in [0.25, 0.3) is 0 Å². The molecule has 4 nitrogen and oxygen atoms in total. The molecule has 0 aliphatic heterocycles. The van der Waals surface area contributed by atoms with Crippen molar-refractivity contribution in [2.24, 2.45) is 11.3 Å². The van der Waals surface area contributed by atoms with E-state index in [4.69, 9.17) is 0 Å². The third-order valence-electron chi connectivity index (χ3n) is 3.62. The normalized spacial score (nSPS) is 13.4. The molecule has 0 spiro atoms. The highest BCUT2D eigenvalue weighted by Gasteiger charge is 2.36. The molecule has 1 amide bonds. The largest absolute Gasteiger partial charge is 0.481 e. The lowest BCUT2D eigenvalue weighted by Gasteiger charge is -2.28. The second kappa shape index (κ2) is 8.46. The summed E-state index contributed by atoms with van der Waals surface area (Å²) in [4.78, 5) is 23.5. The van der Waals surface area contributed by atoms with Crippen LogP contribution in [0.2, 0.25) is 0 Å². The second-order valence-corrected chi connectivity index (χ2v) is 6.55. The number of amides is 1. The topological polar surface area (TPSA) is 66.4 Å². The lowest BCUT2D eigenvalue weighted by atomic mass is 9.82. The molecule has 0 rings (SSSR count). The molecule has 0 aromatic carbocycles. The number of hydrogen-bond acceptors (Lipinski definition) is 3. The number of thioether (sulfide) groups is 1. The van der Waals surface area contributed by atoms with Crippen LogP contribution in [-0.4, -0.2) is 34.5 Å². The molecule has 5 heteroatoms. The standard InChI is InChI=1S/C14H27NO3S/c1-6-14(7-2,13(17)18)9-15-12(16)11(10(4)5)19-8-3/h10-11H,6-9H2,1-5H3,(H,15,16)(H,17,18). The predicted molar refractivity (Wildman–Crippen MR) is 80.4 cm³/mol. The number of nitrogens with one attached hydrogen (secondary N) is 1. The van der Waals surface area contributed by atoms with Crippen LogP contribution in [0, 0.1) is 11.3 Å². The van der Waals surface area contributed by atoms with E-state index in [-0.39, 0.29) is 23.6 Å². The van der Waals surface area contributed by atoms with E-state index in [2.05, 4.69) is 5.32 Å². The second-order valence-electron chi connectivity index (χ2n) is 5.13. The summed E-state index contributed by atoms with van der Waals surface area (Å²) < 4.78 is 0. The van der Waals surface area contributed by atoms with Gasteiger partial charge >= 0.3 is 5.97 Å². The van der Waals surface area contributed by atoms with Gasteiger partial charge in [-0.25, -0.2) is 0 Å². The summed E-state index contributed by atoms with van der Waals surface area (Å²) in [6.45, 7) is 9.96. The minimum Gasteiger partial charge on any atom is -0.481 e. The first-order valence-electron chi connectivity index (χ1n) is 6.97. The highest BCUT2D eigenvalue weighted by molar-refractivity contribution is 8.00. The molecule has 1 atom stereocenters. The van der Waals surface area contributed by atoms with Gasteiger partial charge in [0.15, 0.2) is 0 Å². The van der Waals surface area contributed by atoms with Crippen LogP contribution in [0.15, 0.2) is 0 Å². The summed E-state index contributed by atoms with van der Waals surface area (Å²) in [5.41, 5.74) is -0.839. The third-order valence-corrected chi connectivity index (χ3v) is 5.07. The molecular weight excluding hydrogens is 262 g/mol. The fourth-order valence-corrected chi connectivity index (χ4v) is 2.96. The summed E-state index contributed by atoms with van der Waals surface area (Å²) in [6, 6.07) is 0. The summed E-state index contributed by atoms with van der Waals surface area (Å²) in [6.07, 6.45) is 1.04. The number of carbonyl (C=O) groups excluding carboxylic acids is 1. The maximum atomic E-state index is 12.2. The molecule has 0 bridgehead atoms. The van der Waals surface area contributed by atoms with Gasteiger partial charge in [-0.2, -0.15) is 0 Å². The molecule has 0 aliphatic carbocycles. The van der Waals surface area contributed by atoms with Gasteiger partial charge < -0.3 is 10.4 Å². The predicted octanol–water partition coefficient (Wildman–Crippen LogP) is 2.77. The van der Waals surface area contributed by atoms with Crippen molar-refractivity contribution in [2.75, 3.05) is 12.3 Å². The Bertz CT molecular complexity index is 301. The lowest BCUT2D eigenvalue weighted by Crippen LogP contribution is -2.45. The number of carbonyl (C=O) groups is 2. The fourth-order valence-electron chi connectivity index (χ4n) is 1.99. The summed E-state index contributed by atoms with van der Waals surface area (Å²) in [7, 11) is 0. The van der Waals surface area contributed by atoms with Crippen LogP contribution in [0.4, 0.5) is 0 Å². The molecule has 2 N–H and O–H groups in total. The summed E-state index contributed by atoms with van der Waals surface area (Å²) >= 11 is 1.61. The first kappa shape index (κ1) is 18.3. The van der Waals surface area contributed by atoms with Gasteiger partial charge in [0.05, 0.1) is 10.7 Å². The van der Waals surface area contributed by atoms with Gasteiger partial charge in [0.2, 0.25) is 5.91 Å². The summed E-state index contributed by atoms with van der Waals surface area (Å²) in [5, 5.41) is 12.1. The Hall–Kier alpha value is -0.710. The van der Waals surface area contributed by atoms with Crippen LogP contribution in [0.1, 0.15) is 47.5 Å². The zero-order chi connectivity index (χ0) is 15.1. The fraction of sp³-hybridized carbons (Fsp3) is 0.857. The zero-order valence-electron chi connectivity index (χ0n) is 12.7. The molecule has 112 valence electrons. The first-order chi connectivity index (χ1) is 8.84. The van der Waals surface area contributed by atoms with Crippen molar-refractivity contribution in [1.29, 1.82) is 0 Å². The van der Waals surface area contributed by atoms with E-state index in [1.165, 1.54) is 0 Å². The molecule has 0 aliphatic rings. The van der Waals surface area contributed by atoms with E-state index in [1.807, 2.05) is 34.6 Å². The molecule has 0 heterocycles. The maximum Gasteiger partial charge on any atom is 0.311 e. The van der Waals surface area contributed by atoms with Gasteiger partial charge in [-0.1, -0.05) is 34.6 Å². The van der Waals surface area contributed by atoms with E-state index in [0.29, 0.717) is 12.8 Å². The van der Waals surface area contributed by atoms with Crippen LogP contribution in [0.5, 0.6) is 0 Å². The van der Waals surface area contributed by atoms with Gasteiger partial charge in [-0.15, -0.1) is 11.8 Å². The Morgan fingerprint density at radius 3 is 2.05 bits per heavy atom. The van der Waals surface area contributed by atoms with E-state index < -0.39 is 11.4 Å². The Kier molecular flexibility index (Phi) is 8.14. The van der Waals surface area contributed by atoms with E-state index in [9.17, 15) is 14.7 Å². The Balaban J connectivity index is 4.67. The molecule has 0 radical (unpaired) electrons. The Morgan fingerprint density at radius 2 is 1.74 bits per heavy atom. The molecule has 0 fully saturated rings. The van der Waals surface area contributed by atoms with Crippen LogP contribution < -0.4 is 5.32 Å². The lowest BCUT2D eigenvalue weighted by molar-refractivity contribution is -0.149. The number of aliphatic carboxylic acids is 1. The minimum atomic E-state index is -0.839. The van der Waals surface area contributed by atoms with Crippen LogP contribution in [-0.2, 0) is 9.59 Å². The quantitative estimate of drug-likeness (QED) is 0.685. The molecule has 0 aromatic heterocycles. The monoisotopic (exact) mass is 289 g/mol. The van der Waals surface area contributed by atoms with Crippen LogP contribution >= 0.6 is 11.8 Å². The van der Waals surface area contributed by atoms with Gasteiger partial charge in [0.1, 0.15) is 0 Å². The molecule has 0 aromatic rings. The smallest absolute Gasteiger partial charge is 0.311 e. The van der Waals surface area contributed by atoms with Crippen LogP contribution in [0.3, 0.4) is 0 Å². The van der Waals surface area contributed by atoms with Crippen molar-refractivity contribution in [3.63, 3.8) is 0 Å². The molecule has 19 heavy (non-hydrogen) atoms. The van der Waals surface area contributed by atoms with Gasteiger partial charge in [0, 0.05) is 6.54 Å². The highest BCUT2D eigenvalue weighted by Crippen LogP contribution is 2.26. The molecule has 1 unspecified atom stereocenters. The molecular formula is C14H27NO3S. The van der Waals surface area contributed by atoms with Crippen molar-refractivity contribution in [1.82, 2.24) is 5.32 Å². The number of carboxylic acids is 1.